The molecule has 0 bridgehead atoms. The van der Waals surface area contributed by atoms with Crippen LogP contribution in [-0.2, 0) is 4.79 Å². The summed E-state index contributed by atoms with van der Waals surface area (Å²) in [5.41, 5.74) is 0.0891. The first-order chi connectivity index (χ1) is 9.21. The van der Waals surface area contributed by atoms with E-state index >= 15 is 0 Å². The summed E-state index contributed by atoms with van der Waals surface area (Å²) < 4.78 is 0. The number of rotatable bonds is 6. The zero-order valence-electron chi connectivity index (χ0n) is 14.5. The SMILES string of the molecule is CC1CCN(CCCC(=O)C(C(C)C)C(C)(C)C)CC1. The Kier molecular flexibility index (Phi) is 6.71. The second kappa shape index (κ2) is 7.59. The van der Waals surface area contributed by atoms with Crippen LogP contribution in [0.4, 0.5) is 0 Å². The van der Waals surface area contributed by atoms with Crippen LogP contribution in [0.3, 0.4) is 0 Å². The minimum absolute atomic E-state index is 0.0891. The van der Waals surface area contributed by atoms with Gasteiger partial charge in [0.15, 0.2) is 0 Å². The van der Waals surface area contributed by atoms with Crippen LogP contribution < -0.4 is 0 Å². The quantitative estimate of drug-likeness (QED) is 0.720. The molecule has 1 atom stereocenters. The predicted molar refractivity (Wildman–Crippen MR) is 86.9 cm³/mol. The lowest BCUT2D eigenvalue weighted by molar-refractivity contribution is -0.128. The van der Waals surface area contributed by atoms with Gasteiger partial charge in [0.25, 0.3) is 0 Å². The smallest absolute Gasteiger partial charge is 0.136 e. The Hall–Kier alpha value is -0.370. The maximum Gasteiger partial charge on any atom is 0.136 e. The normalized spacial score (nSPS) is 20.4. The number of carbonyl (C=O) groups excluding carboxylic acids is 1. The minimum atomic E-state index is 0.0891. The summed E-state index contributed by atoms with van der Waals surface area (Å²) in [6.45, 7) is 16.8. The first-order valence-electron chi connectivity index (χ1n) is 8.47. The summed E-state index contributed by atoms with van der Waals surface area (Å²) in [5, 5.41) is 0. The van der Waals surface area contributed by atoms with E-state index in [0.29, 0.717) is 11.7 Å². The van der Waals surface area contributed by atoms with E-state index < -0.39 is 0 Å². The van der Waals surface area contributed by atoms with Crippen LogP contribution in [0, 0.1) is 23.2 Å². The summed E-state index contributed by atoms with van der Waals surface area (Å²) >= 11 is 0. The van der Waals surface area contributed by atoms with Gasteiger partial charge in [-0.2, -0.15) is 0 Å². The highest BCUT2D eigenvalue weighted by Crippen LogP contribution is 2.33. The van der Waals surface area contributed by atoms with Crippen LogP contribution in [0.5, 0.6) is 0 Å². The van der Waals surface area contributed by atoms with Crippen molar-refractivity contribution >= 4 is 5.78 Å². The molecule has 2 nitrogen and oxygen atoms in total. The standard InChI is InChI=1S/C18H35NO/c1-14(2)17(18(4,5)6)16(20)8-7-11-19-12-9-15(3)10-13-19/h14-15,17H,7-13H2,1-6H3. The third kappa shape index (κ3) is 5.55. The van der Waals surface area contributed by atoms with Crippen LogP contribution in [-0.4, -0.2) is 30.3 Å². The van der Waals surface area contributed by atoms with Crippen LogP contribution in [0.2, 0.25) is 0 Å². The van der Waals surface area contributed by atoms with Gasteiger partial charge >= 0.3 is 0 Å². The van der Waals surface area contributed by atoms with Crippen molar-refractivity contribution in [2.24, 2.45) is 23.2 Å². The van der Waals surface area contributed by atoms with Gasteiger partial charge in [-0.15, -0.1) is 0 Å². The van der Waals surface area contributed by atoms with Crippen molar-refractivity contribution < 1.29 is 4.79 Å². The Labute approximate surface area is 126 Å². The number of Topliss-reactive ketones (excluding diaryl/α,β-unsaturated/α-hetero) is 1. The molecule has 0 aliphatic carbocycles. The maximum absolute atomic E-state index is 12.5. The van der Waals surface area contributed by atoms with E-state index in [1.165, 1.54) is 25.9 Å². The Morgan fingerprint density at radius 3 is 2.20 bits per heavy atom. The molecule has 0 amide bonds. The molecule has 1 aliphatic heterocycles. The van der Waals surface area contributed by atoms with Gasteiger partial charge in [-0.3, -0.25) is 4.79 Å². The predicted octanol–water partition coefficient (Wildman–Crippen LogP) is 4.39. The van der Waals surface area contributed by atoms with Gasteiger partial charge in [-0.25, -0.2) is 0 Å². The lowest BCUT2D eigenvalue weighted by Gasteiger charge is -2.33. The average Bonchev–Trinajstić information content (AvgIpc) is 2.29. The molecule has 1 heterocycles. The highest BCUT2D eigenvalue weighted by atomic mass is 16.1. The van der Waals surface area contributed by atoms with Gasteiger partial charge in [-0.05, 0) is 56.1 Å². The summed E-state index contributed by atoms with van der Waals surface area (Å²) in [6.07, 6.45) is 4.44. The lowest BCUT2D eigenvalue weighted by atomic mass is 9.71. The molecule has 1 aliphatic rings. The van der Waals surface area contributed by atoms with Gasteiger partial charge in [0.05, 0.1) is 0 Å². The number of carbonyl (C=O) groups is 1. The summed E-state index contributed by atoms with van der Waals surface area (Å²) in [4.78, 5) is 15.0. The van der Waals surface area contributed by atoms with Crippen molar-refractivity contribution in [2.45, 2.75) is 67.2 Å². The zero-order valence-corrected chi connectivity index (χ0v) is 14.5. The largest absolute Gasteiger partial charge is 0.303 e. The monoisotopic (exact) mass is 281 g/mol. The van der Waals surface area contributed by atoms with Gasteiger partial charge in [0, 0.05) is 12.3 Å². The number of piperidine rings is 1. The van der Waals surface area contributed by atoms with Gasteiger partial charge in [0.1, 0.15) is 5.78 Å². The van der Waals surface area contributed by atoms with Crippen molar-refractivity contribution in [3.8, 4) is 0 Å². The fourth-order valence-corrected chi connectivity index (χ4v) is 3.77. The number of likely N-dealkylation sites (tertiary alicyclic amines) is 1. The van der Waals surface area contributed by atoms with Crippen molar-refractivity contribution in [2.75, 3.05) is 19.6 Å². The van der Waals surface area contributed by atoms with Gasteiger partial charge < -0.3 is 4.90 Å². The third-order valence-electron chi connectivity index (χ3n) is 4.72. The van der Waals surface area contributed by atoms with E-state index in [2.05, 4.69) is 46.4 Å². The van der Waals surface area contributed by atoms with E-state index in [1.807, 2.05) is 0 Å². The Morgan fingerprint density at radius 1 is 1.20 bits per heavy atom. The Bertz CT molecular complexity index is 295. The molecule has 118 valence electrons. The fourth-order valence-electron chi connectivity index (χ4n) is 3.77. The van der Waals surface area contributed by atoms with E-state index in [9.17, 15) is 4.79 Å². The second-order valence-corrected chi connectivity index (χ2v) is 8.18. The van der Waals surface area contributed by atoms with E-state index in [4.69, 9.17) is 0 Å². The van der Waals surface area contributed by atoms with E-state index in [1.54, 1.807) is 0 Å². The molecule has 0 N–H and O–H groups in total. The van der Waals surface area contributed by atoms with Gasteiger partial charge in [-0.1, -0.05) is 41.5 Å². The van der Waals surface area contributed by atoms with Gasteiger partial charge in [0.2, 0.25) is 0 Å². The molecule has 20 heavy (non-hydrogen) atoms. The van der Waals surface area contributed by atoms with Crippen LogP contribution in [0.15, 0.2) is 0 Å². The molecule has 0 saturated carbocycles. The summed E-state index contributed by atoms with van der Waals surface area (Å²) in [5.74, 6) is 2.00. The molecule has 0 aromatic carbocycles. The maximum atomic E-state index is 12.5. The molecule has 1 rings (SSSR count). The highest BCUT2D eigenvalue weighted by Gasteiger charge is 2.33. The minimum Gasteiger partial charge on any atom is -0.303 e. The molecule has 1 saturated heterocycles. The van der Waals surface area contributed by atoms with Crippen LogP contribution >= 0.6 is 0 Å². The number of hydrogen-bond donors (Lipinski definition) is 0. The number of hydrogen-bond acceptors (Lipinski definition) is 2. The summed E-state index contributed by atoms with van der Waals surface area (Å²) in [6, 6.07) is 0. The molecule has 0 spiro atoms. The van der Waals surface area contributed by atoms with Crippen LogP contribution in [0.25, 0.3) is 0 Å². The highest BCUT2D eigenvalue weighted by molar-refractivity contribution is 5.81. The lowest BCUT2D eigenvalue weighted by Crippen LogP contribution is -2.35. The number of ketones is 1. The second-order valence-electron chi connectivity index (χ2n) is 8.18. The van der Waals surface area contributed by atoms with Crippen molar-refractivity contribution in [1.82, 2.24) is 4.90 Å². The average molecular weight is 281 g/mol. The van der Waals surface area contributed by atoms with Crippen LogP contribution in [0.1, 0.15) is 67.2 Å². The number of nitrogens with zero attached hydrogens (tertiary/aromatic N) is 1. The molecule has 1 unspecified atom stereocenters. The molecule has 2 heteroatoms. The molecule has 0 radical (unpaired) electrons. The van der Waals surface area contributed by atoms with E-state index in [0.717, 1.165) is 25.3 Å². The molecular weight excluding hydrogens is 246 g/mol. The fraction of sp³-hybridized carbons (Fsp3) is 0.944. The molecule has 1 fully saturated rings. The molecular formula is C18H35NO. The zero-order chi connectivity index (χ0) is 15.3. The summed E-state index contributed by atoms with van der Waals surface area (Å²) in [7, 11) is 0. The van der Waals surface area contributed by atoms with Crippen molar-refractivity contribution in [3.05, 3.63) is 0 Å². The van der Waals surface area contributed by atoms with Crippen molar-refractivity contribution in [3.63, 3.8) is 0 Å². The first-order valence-corrected chi connectivity index (χ1v) is 8.47. The topological polar surface area (TPSA) is 20.3 Å². The first kappa shape index (κ1) is 17.7. The Morgan fingerprint density at radius 2 is 1.75 bits per heavy atom. The van der Waals surface area contributed by atoms with Crippen molar-refractivity contribution in [1.29, 1.82) is 0 Å². The Balaban J connectivity index is 2.35. The van der Waals surface area contributed by atoms with E-state index in [-0.39, 0.29) is 11.3 Å². The molecule has 0 aromatic rings. The third-order valence-corrected chi connectivity index (χ3v) is 4.72. The molecule has 0 aromatic heterocycles.